The van der Waals surface area contributed by atoms with Crippen LogP contribution in [0.15, 0.2) is 0 Å². The molecule has 2 aliphatic rings. The second kappa shape index (κ2) is 5.09. The van der Waals surface area contributed by atoms with Crippen molar-refractivity contribution in [3.8, 4) is 0 Å². The third-order valence-corrected chi connectivity index (χ3v) is 4.29. The number of carbonyl (C=O) groups is 1. The van der Waals surface area contributed by atoms with E-state index in [-0.39, 0.29) is 0 Å². The van der Waals surface area contributed by atoms with Crippen molar-refractivity contribution in [3.05, 3.63) is 0 Å². The van der Waals surface area contributed by atoms with E-state index in [1.807, 2.05) is 0 Å². The number of rotatable bonds is 3. The Morgan fingerprint density at radius 3 is 2.29 bits per heavy atom. The van der Waals surface area contributed by atoms with Gasteiger partial charge in [0.2, 0.25) is 0 Å². The van der Waals surface area contributed by atoms with Gasteiger partial charge < -0.3 is 5.32 Å². The van der Waals surface area contributed by atoms with Crippen LogP contribution in [0.25, 0.3) is 0 Å². The maximum atomic E-state index is 12.2. The van der Waals surface area contributed by atoms with Crippen LogP contribution in [0.3, 0.4) is 0 Å². The predicted molar refractivity (Wildman–Crippen MR) is 71.0 cm³/mol. The lowest BCUT2D eigenvalue weighted by Crippen LogP contribution is -2.50. The van der Waals surface area contributed by atoms with Crippen LogP contribution in [0.2, 0.25) is 0 Å². The highest BCUT2D eigenvalue weighted by molar-refractivity contribution is 5.81. The number of Topliss-reactive ketones (excluding diaryl/α,β-unsaturated/α-hetero) is 1. The van der Waals surface area contributed by atoms with Crippen molar-refractivity contribution in [1.29, 1.82) is 0 Å². The van der Waals surface area contributed by atoms with Crippen LogP contribution in [0.5, 0.6) is 0 Å². The second-order valence-corrected chi connectivity index (χ2v) is 7.19. The van der Waals surface area contributed by atoms with Gasteiger partial charge in [0.25, 0.3) is 0 Å². The van der Waals surface area contributed by atoms with Crippen molar-refractivity contribution < 1.29 is 4.79 Å². The molecule has 0 saturated carbocycles. The lowest BCUT2D eigenvalue weighted by molar-refractivity contribution is -0.125. The van der Waals surface area contributed by atoms with Gasteiger partial charge in [-0.1, -0.05) is 27.2 Å². The molecule has 2 fully saturated rings. The number of hydrogen-bond acceptors (Lipinski definition) is 2. The summed E-state index contributed by atoms with van der Waals surface area (Å²) in [5.74, 6) is 0.882. The first kappa shape index (κ1) is 13.1. The molecule has 2 heterocycles. The number of carbonyl (C=O) groups excluding carboxylic acids is 1. The Hall–Kier alpha value is -0.370. The van der Waals surface area contributed by atoms with E-state index >= 15 is 0 Å². The Morgan fingerprint density at radius 2 is 1.76 bits per heavy atom. The van der Waals surface area contributed by atoms with E-state index in [0.717, 1.165) is 25.7 Å². The van der Waals surface area contributed by atoms with Crippen LogP contribution in [0.1, 0.15) is 65.7 Å². The number of nitrogens with one attached hydrogen (secondary N) is 1. The molecule has 2 aliphatic heterocycles. The fourth-order valence-corrected chi connectivity index (χ4v) is 3.23. The fraction of sp³-hybridized carbons (Fsp3) is 0.933. The first-order valence-corrected chi connectivity index (χ1v) is 7.23. The van der Waals surface area contributed by atoms with Crippen LogP contribution in [0.4, 0.5) is 0 Å². The maximum Gasteiger partial charge on any atom is 0.136 e. The van der Waals surface area contributed by atoms with Crippen LogP contribution in [-0.2, 0) is 4.79 Å². The zero-order valence-electron chi connectivity index (χ0n) is 11.6. The normalized spacial score (nSPS) is 33.5. The summed E-state index contributed by atoms with van der Waals surface area (Å²) in [4.78, 5) is 12.2. The molecule has 0 aromatic carbocycles. The second-order valence-electron chi connectivity index (χ2n) is 7.19. The summed E-state index contributed by atoms with van der Waals surface area (Å²) in [5, 5.41) is 3.66. The minimum absolute atomic E-state index is 0.290. The molecule has 2 nitrogen and oxygen atoms in total. The predicted octanol–water partition coefficient (Wildman–Crippen LogP) is 3.30. The molecule has 0 spiro atoms. The third-order valence-electron chi connectivity index (χ3n) is 4.29. The largest absolute Gasteiger partial charge is 0.311 e. The SMILES string of the molecule is CC(C)(C)CCC(=O)C1CC2CCCC(C1)N2. The minimum Gasteiger partial charge on any atom is -0.311 e. The molecule has 17 heavy (non-hydrogen) atoms. The quantitative estimate of drug-likeness (QED) is 0.816. The molecule has 2 unspecified atom stereocenters. The molecular weight excluding hydrogens is 210 g/mol. The topological polar surface area (TPSA) is 29.1 Å². The molecule has 98 valence electrons. The average Bonchev–Trinajstić information content (AvgIpc) is 2.24. The van der Waals surface area contributed by atoms with Gasteiger partial charge in [0.15, 0.2) is 0 Å². The average molecular weight is 237 g/mol. The molecule has 1 N–H and O–H groups in total. The molecule has 0 radical (unpaired) electrons. The Balaban J connectivity index is 1.83. The Labute approximate surface area is 106 Å². The van der Waals surface area contributed by atoms with E-state index in [0.29, 0.717) is 29.2 Å². The Morgan fingerprint density at radius 1 is 1.18 bits per heavy atom. The summed E-state index contributed by atoms with van der Waals surface area (Å²) in [6.07, 6.45) is 7.92. The van der Waals surface area contributed by atoms with Gasteiger partial charge in [-0.15, -0.1) is 0 Å². The number of fused-ring (bicyclic) bond motifs is 2. The van der Waals surface area contributed by atoms with Crippen LogP contribution < -0.4 is 5.32 Å². The summed E-state index contributed by atoms with van der Waals surface area (Å²) >= 11 is 0. The van der Waals surface area contributed by atoms with Gasteiger partial charge in [0, 0.05) is 24.4 Å². The van der Waals surface area contributed by atoms with E-state index in [4.69, 9.17) is 0 Å². The molecule has 2 saturated heterocycles. The van der Waals surface area contributed by atoms with E-state index in [9.17, 15) is 4.79 Å². The molecule has 2 atom stereocenters. The highest BCUT2D eigenvalue weighted by atomic mass is 16.1. The fourth-order valence-electron chi connectivity index (χ4n) is 3.23. The van der Waals surface area contributed by atoms with Crippen molar-refractivity contribution in [1.82, 2.24) is 5.32 Å². The van der Waals surface area contributed by atoms with Gasteiger partial charge in [0.05, 0.1) is 0 Å². The van der Waals surface area contributed by atoms with Gasteiger partial charge in [-0.05, 0) is 37.5 Å². The first-order valence-electron chi connectivity index (χ1n) is 7.23. The lowest BCUT2D eigenvalue weighted by Gasteiger charge is -2.40. The zero-order chi connectivity index (χ0) is 12.5. The molecule has 2 heteroatoms. The maximum absolute atomic E-state index is 12.2. The lowest BCUT2D eigenvalue weighted by atomic mass is 9.76. The molecule has 2 bridgehead atoms. The highest BCUT2D eigenvalue weighted by Gasteiger charge is 2.34. The molecule has 2 rings (SSSR count). The van der Waals surface area contributed by atoms with Crippen molar-refractivity contribution in [3.63, 3.8) is 0 Å². The smallest absolute Gasteiger partial charge is 0.136 e. The van der Waals surface area contributed by atoms with E-state index in [1.54, 1.807) is 0 Å². The summed E-state index contributed by atoms with van der Waals surface area (Å²) < 4.78 is 0. The number of ketones is 1. The minimum atomic E-state index is 0.290. The van der Waals surface area contributed by atoms with Gasteiger partial charge in [-0.3, -0.25) is 4.79 Å². The summed E-state index contributed by atoms with van der Waals surface area (Å²) in [7, 11) is 0. The monoisotopic (exact) mass is 237 g/mol. The molecule has 0 amide bonds. The van der Waals surface area contributed by atoms with Crippen molar-refractivity contribution in [2.24, 2.45) is 11.3 Å². The van der Waals surface area contributed by atoms with Gasteiger partial charge >= 0.3 is 0 Å². The van der Waals surface area contributed by atoms with Crippen molar-refractivity contribution in [2.45, 2.75) is 77.8 Å². The standard InChI is InChI=1S/C15H27NO/c1-15(2,3)8-7-14(17)11-9-12-5-4-6-13(10-11)16-12/h11-13,16H,4-10H2,1-3H3. The zero-order valence-corrected chi connectivity index (χ0v) is 11.6. The van der Waals surface area contributed by atoms with Gasteiger partial charge in [-0.25, -0.2) is 0 Å². The number of hydrogen-bond donors (Lipinski definition) is 1. The van der Waals surface area contributed by atoms with E-state index in [2.05, 4.69) is 26.1 Å². The molecule has 0 aromatic rings. The first-order chi connectivity index (χ1) is 7.94. The molecular formula is C15H27NO. The molecule has 0 aliphatic carbocycles. The van der Waals surface area contributed by atoms with Gasteiger partial charge in [-0.2, -0.15) is 0 Å². The Kier molecular flexibility index (Phi) is 3.92. The van der Waals surface area contributed by atoms with Gasteiger partial charge in [0.1, 0.15) is 5.78 Å². The highest BCUT2D eigenvalue weighted by Crippen LogP contribution is 2.32. The number of piperidine rings is 2. The summed E-state index contributed by atoms with van der Waals surface area (Å²) in [5.41, 5.74) is 0.290. The van der Waals surface area contributed by atoms with Crippen LogP contribution in [0, 0.1) is 11.3 Å². The molecule has 0 aromatic heterocycles. The third kappa shape index (κ3) is 3.80. The van der Waals surface area contributed by atoms with E-state index in [1.165, 1.54) is 19.3 Å². The van der Waals surface area contributed by atoms with Crippen LogP contribution >= 0.6 is 0 Å². The van der Waals surface area contributed by atoms with E-state index < -0.39 is 0 Å². The summed E-state index contributed by atoms with van der Waals surface area (Å²) in [6, 6.07) is 1.26. The summed E-state index contributed by atoms with van der Waals surface area (Å²) in [6.45, 7) is 6.66. The van der Waals surface area contributed by atoms with Crippen LogP contribution in [-0.4, -0.2) is 17.9 Å². The van der Waals surface area contributed by atoms with Crippen molar-refractivity contribution >= 4 is 5.78 Å². The Bertz CT molecular complexity index is 267. The van der Waals surface area contributed by atoms with Crippen molar-refractivity contribution in [2.75, 3.05) is 0 Å².